The van der Waals surface area contributed by atoms with Crippen LogP contribution in [0, 0.1) is 11.8 Å². The fraction of sp³-hybridized carbons (Fsp3) is 0.680. The van der Waals surface area contributed by atoms with Gasteiger partial charge in [-0.1, -0.05) is 57.0 Å². The second-order valence-electron chi connectivity index (χ2n) is 8.85. The molecule has 1 saturated heterocycles. The SMILES string of the molecule is CCNC(=NCC(C(CC)CC)N(C)C)NCC1CC(=O)N(CCc2ccccc2)C1.I. The van der Waals surface area contributed by atoms with E-state index in [9.17, 15) is 4.79 Å². The lowest BCUT2D eigenvalue weighted by atomic mass is 9.93. The summed E-state index contributed by atoms with van der Waals surface area (Å²) >= 11 is 0. The molecule has 1 amide bonds. The molecule has 32 heavy (non-hydrogen) atoms. The van der Waals surface area contributed by atoms with E-state index in [-0.39, 0.29) is 29.9 Å². The average Bonchev–Trinajstić information content (AvgIpc) is 3.13. The number of nitrogens with one attached hydrogen (secondary N) is 2. The number of rotatable bonds is 12. The average molecular weight is 558 g/mol. The van der Waals surface area contributed by atoms with E-state index in [1.807, 2.05) is 11.0 Å². The van der Waals surface area contributed by atoms with Crippen molar-refractivity contribution in [1.82, 2.24) is 20.4 Å². The lowest BCUT2D eigenvalue weighted by Crippen LogP contribution is -2.43. The normalized spacial score (nSPS) is 17.6. The van der Waals surface area contributed by atoms with E-state index in [4.69, 9.17) is 4.99 Å². The number of amides is 1. The highest BCUT2D eigenvalue weighted by molar-refractivity contribution is 14.0. The van der Waals surface area contributed by atoms with Gasteiger partial charge in [0.15, 0.2) is 5.96 Å². The van der Waals surface area contributed by atoms with Crippen LogP contribution in [-0.2, 0) is 11.2 Å². The Morgan fingerprint density at radius 2 is 1.84 bits per heavy atom. The summed E-state index contributed by atoms with van der Waals surface area (Å²) in [6.45, 7) is 10.6. The smallest absolute Gasteiger partial charge is 0.223 e. The molecule has 7 heteroatoms. The van der Waals surface area contributed by atoms with Crippen molar-refractivity contribution in [3.63, 3.8) is 0 Å². The third-order valence-corrected chi connectivity index (χ3v) is 6.40. The van der Waals surface area contributed by atoms with Crippen molar-refractivity contribution in [3.05, 3.63) is 35.9 Å². The van der Waals surface area contributed by atoms with Gasteiger partial charge in [0.2, 0.25) is 5.91 Å². The molecule has 0 radical (unpaired) electrons. The van der Waals surface area contributed by atoms with Crippen molar-refractivity contribution in [1.29, 1.82) is 0 Å². The lowest BCUT2D eigenvalue weighted by molar-refractivity contribution is -0.127. The van der Waals surface area contributed by atoms with Gasteiger partial charge in [0.05, 0.1) is 6.54 Å². The van der Waals surface area contributed by atoms with Crippen molar-refractivity contribution in [3.8, 4) is 0 Å². The van der Waals surface area contributed by atoms with E-state index in [1.165, 1.54) is 18.4 Å². The molecule has 2 rings (SSSR count). The van der Waals surface area contributed by atoms with E-state index >= 15 is 0 Å². The molecule has 6 nitrogen and oxygen atoms in total. The number of benzene rings is 1. The molecule has 1 aliphatic rings. The maximum absolute atomic E-state index is 12.5. The molecule has 2 N–H and O–H groups in total. The second-order valence-corrected chi connectivity index (χ2v) is 8.85. The Hall–Kier alpha value is -1.35. The van der Waals surface area contributed by atoms with Crippen LogP contribution < -0.4 is 10.6 Å². The summed E-state index contributed by atoms with van der Waals surface area (Å²) in [5.41, 5.74) is 1.28. The van der Waals surface area contributed by atoms with Gasteiger partial charge in [0.25, 0.3) is 0 Å². The molecule has 1 heterocycles. The number of guanidine groups is 1. The Morgan fingerprint density at radius 1 is 1.16 bits per heavy atom. The van der Waals surface area contributed by atoms with E-state index < -0.39 is 0 Å². The first-order chi connectivity index (χ1) is 15.0. The van der Waals surface area contributed by atoms with Gasteiger partial charge in [-0.05, 0) is 38.9 Å². The summed E-state index contributed by atoms with van der Waals surface area (Å²) in [5, 5.41) is 6.85. The van der Waals surface area contributed by atoms with E-state index in [2.05, 4.69) is 74.7 Å². The van der Waals surface area contributed by atoms with Gasteiger partial charge in [-0.2, -0.15) is 0 Å². The summed E-state index contributed by atoms with van der Waals surface area (Å²) in [5.74, 6) is 2.10. The summed E-state index contributed by atoms with van der Waals surface area (Å²) in [7, 11) is 4.29. The minimum atomic E-state index is 0. The molecule has 0 bridgehead atoms. The Morgan fingerprint density at radius 3 is 2.44 bits per heavy atom. The molecule has 1 aromatic rings. The Bertz CT molecular complexity index is 678. The zero-order chi connectivity index (χ0) is 22.6. The predicted molar refractivity (Wildman–Crippen MR) is 146 cm³/mol. The number of likely N-dealkylation sites (N-methyl/N-ethyl adjacent to an activating group) is 1. The molecular formula is C25H44IN5O. The van der Waals surface area contributed by atoms with Gasteiger partial charge in [0, 0.05) is 44.6 Å². The number of hydrogen-bond donors (Lipinski definition) is 2. The molecule has 0 spiro atoms. The van der Waals surface area contributed by atoms with Crippen LogP contribution >= 0.6 is 24.0 Å². The number of likely N-dealkylation sites (tertiary alicyclic amines) is 1. The van der Waals surface area contributed by atoms with Crippen LogP contribution in [0.15, 0.2) is 35.3 Å². The molecule has 1 fully saturated rings. The molecule has 2 atom stereocenters. The van der Waals surface area contributed by atoms with Crippen molar-refractivity contribution in [2.24, 2.45) is 16.8 Å². The van der Waals surface area contributed by atoms with Gasteiger partial charge in [-0.25, -0.2) is 0 Å². The van der Waals surface area contributed by atoms with Crippen molar-refractivity contribution in [2.45, 2.75) is 52.5 Å². The number of aliphatic imine (C=N–C) groups is 1. The lowest BCUT2D eigenvalue weighted by Gasteiger charge is -2.30. The van der Waals surface area contributed by atoms with Gasteiger partial charge < -0.3 is 20.4 Å². The maximum atomic E-state index is 12.5. The monoisotopic (exact) mass is 557 g/mol. The van der Waals surface area contributed by atoms with Crippen LogP contribution in [0.25, 0.3) is 0 Å². The van der Waals surface area contributed by atoms with Crippen LogP contribution in [-0.4, -0.2) is 74.5 Å². The van der Waals surface area contributed by atoms with E-state index in [0.717, 1.165) is 45.1 Å². The molecule has 0 aromatic heterocycles. The number of nitrogens with zero attached hydrogens (tertiary/aromatic N) is 3. The van der Waals surface area contributed by atoms with E-state index in [0.29, 0.717) is 24.3 Å². The largest absolute Gasteiger partial charge is 0.357 e. The zero-order valence-electron chi connectivity index (χ0n) is 20.6. The number of halogens is 1. The fourth-order valence-electron chi connectivity index (χ4n) is 4.45. The van der Waals surface area contributed by atoms with Crippen LogP contribution in [0.5, 0.6) is 0 Å². The topological polar surface area (TPSA) is 60.0 Å². The van der Waals surface area contributed by atoms with E-state index in [1.54, 1.807) is 0 Å². The molecular weight excluding hydrogens is 513 g/mol. The zero-order valence-corrected chi connectivity index (χ0v) is 23.0. The fourth-order valence-corrected chi connectivity index (χ4v) is 4.45. The van der Waals surface area contributed by atoms with Gasteiger partial charge >= 0.3 is 0 Å². The molecule has 182 valence electrons. The second kappa shape index (κ2) is 15.5. The van der Waals surface area contributed by atoms with Crippen LogP contribution in [0.3, 0.4) is 0 Å². The van der Waals surface area contributed by atoms with Crippen molar-refractivity contribution in [2.75, 3.05) is 46.8 Å². The van der Waals surface area contributed by atoms with Gasteiger partial charge in [-0.3, -0.25) is 9.79 Å². The van der Waals surface area contributed by atoms with Crippen LogP contribution in [0.2, 0.25) is 0 Å². The Kier molecular flexibility index (Phi) is 13.9. The van der Waals surface area contributed by atoms with Crippen molar-refractivity contribution < 1.29 is 4.79 Å². The first-order valence-corrected chi connectivity index (χ1v) is 12.0. The highest BCUT2D eigenvalue weighted by atomic mass is 127. The minimum Gasteiger partial charge on any atom is -0.357 e. The highest BCUT2D eigenvalue weighted by Crippen LogP contribution is 2.18. The maximum Gasteiger partial charge on any atom is 0.223 e. The number of carbonyl (C=O) groups is 1. The third-order valence-electron chi connectivity index (χ3n) is 6.40. The molecule has 1 aliphatic heterocycles. The van der Waals surface area contributed by atoms with Crippen molar-refractivity contribution >= 4 is 35.8 Å². The van der Waals surface area contributed by atoms with Crippen LogP contribution in [0.4, 0.5) is 0 Å². The molecule has 1 aromatic carbocycles. The first-order valence-electron chi connectivity index (χ1n) is 12.0. The Labute approximate surface area is 212 Å². The van der Waals surface area contributed by atoms with Crippen LogP contribution in [0.1, 0.15) is 45.6 Å². The summed E-state index contributed by atoms with van der Waals surface area (Å²) in [4.78, 5) is 21.6. The quantitative estimate of drug-likeness (QED) is 0.234. The third kappa shape index (κ3) is 9.25. The Balaban J connectivity index is 0.00000512. The number of hydrogen-bond acceptors (Lipinski definition) is 3. The summed E-state index contributed by atoms with van der Waals surface area (Å²) in [6.07, 6.45) is 3.87. The molecule has 0 aliphatic carbocycles. The summed E-state index contributed by atoms with van der Waals surface area (Å²) in [6, 6.07) is 10.8. The standard InChI is InChI=1S/C25H43N5O.HI/c1-6-22(7-2)23(29(4)5)18-28-25(26-8-3)27-17-21-16-24(31)30(19-21)15-14-20-12-10-9-11-13-20;/h9-13,21-23H,6-8,14-19H2,1-5H3,(H2,26,27,28);1H. The molecule has 2 unspecified atom stereocenters. The highest BCUT2D eigenvalue weighted by Gasteiger charge is 2.29. The predicted octanol–water partition coefficient (Wildman–Crippen LogP) is 3.62. The number of carbonyl (C=O) groups excluding carboxylic acids is 1. The minimum absolute atomic E-state index is 0. The van der Waals surface area contributed by atoms with Gasteiger partial charge in [-0.15, -0.1) is 24.0 Å². The summed E-state index contributed by atoms with van der Waals surface area (Å²) < 4.78 is 0. The van der Waals surface area contributed by atoms with Gasteiger partial charge in [0.1, 0.15) is 0 Å². The first kappa shape index (κ1) is 28.7. The molecule has 0 saturated carbocycles.